The summed E-state index contributed by atoms with van der Waals surface area (Å²) in [4.78, 5) is 10.8. The molecule has 1 aromatic heterocycles. The third-order valence-electron chi connectivity index (χ3n) is 3.11. The van der Waals surface area contributed by atoms with E-state index < -0.39 is 0 Å². The Morgan fingerprint density at radius 2 is 2.33 bits per heavy atom. The number of piperidine rings is 1. The second-order valence-electron chi connectivity index (χ2n) is 4.14. The van der Waals surface area contributed by atoms with Gasteiger partial charge in [0.2, 0.25) is 0 Å². The molecule has 1 aromatic rings. The van der Waals surface area contributed by atoms with E-state index in [1.165, 1.54) is 12.8 Å². The largest absolute Gasteiger partial charge is 0.348 e. The topological polar surface area (TPSA) is 55.0 Å². The maximum atomic E-state index is 5.80. The lowest BCUT2D eigenvalue weighted by Crippen LogP contribution is -2.49. The van der Waals surface area contributed by atoms with Gasteiger partial charge in [0.25, 0.3) is 0 Å². The highest BCUT2D eigenvalue weighted by Gasteiger charge is 2.27. The molecule has 0 aromatic carbocycles. The Hall–Kier alpha value is -1.16. The van der Waals surface area contributed by atoms with Crippen LogP contribution in [-0.2, 0) is 0 Å². The van der Waals surface area contributed by atoms with Gasteiger partial charge in [0.05, 0.1) is 6.20 Å². The monoisotopic (exact) mass is 206 g/mol. The molecule has 2 heterocycles. The molecular formula is C11H18N4. The molecule has 0 saturated carbocycles. The summed E-state index contributed by atoms with van der Waals surface area (Å²) in [6.07, 6.45) is 8.91. The predicted octanol–water partition coefficient (Wildman–Crippen LogP) is 1.18. The van der Waals surface area contributed by atoms with E-state index >= 15 is 0 Å². The molecular weight excluding hydrogens is 188 g/mol. The molecule has 2 N–H and O–H groups in total. The zero-order valence-electron chi connectivity index (χ0n) is 9.13. The van der Waals surface area contributed by atoms with E-state index in [4.69, 9.17) is 5.73 Å². The highest BCUT2D eigenvalue weighted by atomic mass is 15.3. The van der Waals surface area contributed by atoms with Crippen LogP contribution in [0.4, 0.5) is 5.82 Å². The third-order valence-corrected chi connectivity index (χ3v) is 3.11. The van der Waals surface area contributed by atoms with Gasteiger partial charge in [-0.05, 0) is 26.2 Å². The Balaban J connectivity index is 2.23. The summed E-state index contributed by atoms with van der Waals surface area (Å²) in [7, 11) is 0. The molecule has 2 atom stereocenters. The Morgan fingerprint density at radius 3 is 3.00 bits per heavy atom. The average Bonchev–Trinajstić information content (AvgIpc) is 2.29. The van der Waals surface area contributed by atoms with Gasteiger partial charge in [-0.3, -0.25) is 4.98 Å². The first kappa shape index (κ1) is 10.4. The van der Waals surface area contributed by atoms with Crippen LogP contribution in [0.15, 0.2) is 18.6 Å². The minimum Gasteiger partial charge on any atom is -0.348 e. The average molecular weight is 206 g/mol. The molecule has 1 aliphatic rings. The van der Waals surface area contributed by atoms with Crippen LogP contribution in [0.2, 0.25) is 0 Å². The molecule has 0 radical (unpaired) electrons. The minimum absolute atomic E-state index is 0.422. The van der Waals surface area contributed by atoms with Gasteiger partial charge in [-0.15, -0.1) is 0 Å². The molecule has 1 fully saturated rings. The van der Waals surface area contributed by atoms with Gasteiger partial charge in [0.1, 0.15) is 5.82 Å². The van der Waals surface area contributed by atoms with E-state index in [1.54, 1.807) is 12.4 Å². The SMILES string of the molecule is CC1CCCC(CN)N1c1cnccn1. The van der Waals surface area contributed by atoms with Gasteiger partial charge >= 0.3 is 0 Å². The zero-order chi connectivity index (χ0) is 10.7. The molecule has 82 valence electrons. The fourth-order valence-corrected chi connectivity index (χ4v) is 2.36. The summed E-state index contributed by atoms with van der Waals surface area (Å²) in [5, 5.41) is 0. The van der Waals surface area contributed by atoms with Gasteiger partial charge < -0.3 is 10.6 Å². The first-order valence-corrected chi connectivity index (χ1v) is 5.57. The molecule has 4 heteroatoms. The number of rotatable bonds is 2. The van der Waals surface area contributed by atoms with Crippen LogP contribution in [0.1, 0.15) is 26.2 Å². The van der Waals surface area contributed by atoms with E-state index in [0.29, 0.717) is 18.6 Å². The molecule has 4 nitrogen and oxygen atoms in total. The first-order chi connectivity index (χ1) is 7.33. The zero-order valence-corrected chi connectivity index (χ0v) is 9.13. The Bertz CT molecular complexity index is 301. The van der Waals surface area contributed by atoms with Crippen LogP contribution in [0.25, 0.3) is 0 Å². The number of hydrogen-bond acceptors (Lipinski definition) is 4. The molecule has 2 unspecified atom stereocenters. The second kappa shape index (κ2) is 4.57. The summed E-state index contributed by atoms with van der Waals surface area (Å²) < 4.78 is 0. The van der Waals surface area contributed by atoms with Crippen LogP contribution in [0, 0.1) is 0 Å². The number of aromatic nitrogens is 2. The lowest BCUT2D eigenvalue weighted by atomic mass is 9.96. The van der Waals surface area contributed by atoms with E-state index in [9.17, 15) is 0 Å². The molecule has 0 amide bonds. The lowest BCUT2D eigenvalue weighted by molar-refractivity contribution is 0.397. The van der Waals surface area contributed by atoms with Crippen LogP contribution in [0.5, 0.6) is 0 Å². The van der Waals surface area contributed by atoms with Crippen molar-refractivity contribution in [2.75, 3.05) is 11.4 Å². The van der Waals surface area contributed by atoms with E-state index in [1.807, 2.05) is 6.20 Å². The Morgan fingerprint density at radius 1 is 1.47 bits per heavy atom. The van der Waals surface area contributed by atoms with Crippen molar-refractivity contribution in [2.24, 2.45) is 5.73 Å². The fraction of sp³-hybridized carbons (Fsp3) is 0.636. The fourth-order valence-electron chi connectivity index (χ4n) is 2.36. The summed E-state index contributed by atoms with van der Waals surface area (Å²) in [5.41, 5.74) is 5.80. The normalized spacial score (nSPS) is 26.7. The number of hydrogen-bond donors (Lipinski definition) is 1. The Labute approximate surface area is 90.5 Å². The van der Waals surface area contributed by atoms with Crippen molar-refractivity contribution in [1.82, 2.24) is 9.97 Å². The van der Waals surface area contributed by atoms with Crippen LogP contribution >= 0.6 is 0 Å². The van der Waals surface area contributed by atoms with Crippen molar-refractivity contribution >= 4 is 5.82 Å². The quantitative estimate of drug-likeness (QED) is 0.789. The summed E-state index contributed by atoms with van der Waals surface area (Å²) in [5.74, 6) is 0.958. The second-order valence-corrected chi connectivity index (χ2v) is 4.14. The summed E-state index contributed by atoms with van der Waals surface area (Å²) in [6, 6.07) is 0.939. The molecule has 0 spiro atoms. The summed E-state index contributed by atoms with van der Waals surface area (Å²) in [6.45, 7) is 2.93. The maximum Gasteiger partial charge on any atom is 0.147 e. The highest BCUT2D eigenvalue weighted by Crippen LogP contribution is 2.26. The Kier molecular flexibility index (Phi) is 3.16. The van der Waals surface area contributed by atoms with Gasteiger partial charge in [0, 0.05) is 31.0 Å². The maximum absolute atomic E-state index is 5.80. The van der Waals surface area contributed by atoms with Crippen LogP contribution in [0.3, 0.4) is 0 Å². The number of nitrogens with zero attached hydrogens (tertiary/aromatic N) is 3. The van der Waals surface area contributed by atoms with Crippen LogP contribution < -0.4 is 10.6 Å². The third kappa shape index (κ3) is 2.09. The van der Waals surface area contributed by atoms with Crippen LogP contribution in [-0.4, -0.2) is 28.6 Å². The predicted molar refractivity (Wildman–Crippen MR) is 60.7 cm³/mol. The molecule has 1 aliphatic heterocycles. The smallest absolute Gasteiger partial charge is 0.147 e. The van der Waals surface area contributed by atoms with Gasteiger partial charge in [-0.25, -0.2) is 4.98 Å². The van der Waals surface area contributed by atoms with Gasteiger partial charge in [-0.2, -0.15) is 0 Å². The highest BCUT2D eigenvalue weighted by molar-refractivity contribution is 5.39. The number of nitrogens with two attached hydrogens (primary N) is 1. The van der Waals surface area contributed by atoms with Crippen molar-refractivity contribution < 1.29 is 0 Å². The van der Waals surface area contributed by atoms with E-state index in [2.05, 4.69) is 21.8 Å². The lowest BCUT2D eigenvalue weighted by Gasteiger charge is -2.40. The van der Waals surface area contributed by atoms with Gasteiger partial charge in [-0.1, -0.05) is 0 Å². The minimum atomic E-state index is 0.422. The van der Waals surface area contributed by atoms with E-state index in [0.717, 1.165) is 12.2 Å². The molecule has 0 bridgehead atoms. The number of anilines is 1. The standard InChI is InChI=1S/C11H18N4/c1-9-3-2-4-10(7-12)15(9)11-8-13-5-6-14-11/h5-6,8-10H,2-4,7,12H2,1H3. The summed E-state index contributed by atoms with van der Waals surface area (Å²) >= 11 is 0. The van der Waals surface area contributed by atoms with Crippen molar-refractivity contribution in [3.8, 4) is 0 Å². The first-order valence-electron chi connectivity index (χ1n) is 5.57. The molecule has 2 rings (SSSR count). The van der Waals surface area contributed by atoms with Crippen molar-refractivity contribution in [3.63, 3.8) is 0 Å². The molecule has 0 aliphatic carbocycles. The van der Waals surface area contributed by atoms with Crippen molar-refractivity contribution in [2.45, 2.75) is 38.3 Å². The molecule has 15 heavy (non-hydrogen) atoms. The van der Waals surface area contributed by atoms with Gasteiger partial charge in [0.15, 0.2) is 0 Å². The van der Waals surface area contributed by atoms with Crippen molar-refractivity contribution in [3.05, 3.63) is 18.6 Å². The van der Waals surface area contributed by atoms with E-state index in [-0.39, 0.29) is 0 Å². The van der Waals surface area contributed by atoms with Crippen molar-refractivity contribution in [1.29, 1.82) is 0 Å². The molecule has 1 saturated heterocycles.